The molecular formula is C63H44. The number of benzene rings is 9. The molecule has 0 aliphatic heterocycles. The minimum atomic E-state index is -0.130. The van der Waals surface area contributed by atoms with Gasteiger partial charge >= 0.3 is 0 Å². The van der Waals surface area contributed by atoms with Gasteiger partial charge in [0.25, 0.3) is 0 Å². The molecule has 9 aromatic carbocycles. The van der Waals surface area contributed by atoms with E-state index in [1.54, 1.807) is 0 Å². The lowest BCUT2D eigenvalue weighted by atomic mass is 9.78. The molecule has 0 unspecified atom stereocenters. The second-order valence-electron chi connectivity index (χ2n) is 19.0. The molecule has 0 fully saturated rings. The van der Waals surface area contributed by atoms with Crippen LogP contribution >= 0.6 is 0 Å². The molecule has 0 heterocycles. The highest BCUT2D eigenvalue weighted by atomic mass is 14.4. The van der Waals surface area contributed by atoms with Gasteiger partial charge in [0.2, 0.25) is 0 Å². The molecule has 0 heteroatoms. The molecule has 63 heavy (non-hydrogen) atoms. The van der Waals surface area contributed by atoms with Crippen molar-refractivity contribution in [1.82, 2.24) is 0 Å². The fourth-order valence-electron chi connectivity index (χ4n) is 12.2. The molecule has 9 aromatic rings. The Bertz CT molecular complexity index is 3690. The van der Waals surface area contributed by atoms with Crippen molar-refractivity contribution in [2.75, 3.05) is 0 Å². The van der Waals surface area contributed by atoms with Gasteiger partial charge < -0.3 is 0 Å². The zero-order valence-corrected chi connectivity index (χ0v) is 35.6. The van der Waals surface area contributed by atoms with Gasteiger partial charge in [-0.2, -0.15) is 0 Å². The SMILES string of the molecule is CC1(C)c2cc(-c3ccc4cc(-c5ccccc5-c5ccc6c7c8c(ccc57)C=CCC8=CC6)ccc4c3)ccc2-c2ccc(-c3ccc4c5c6c(ccc35)C=CCC6=CC4)cc21. The highest BCUT2D eigenvalue weighted by Gasteiger charge is 2.36. The molecule has 0 radical (unpaired) electrons. The van der Waals surface area contributed by atoms with Crippen LogP contribution in [0.2, 0.25) is 0 Å². The summed E-state index contributed by atoms with van der Waals surface area (Å²) in [6, 6.07) is 56.3. The maximum Gasteiger partial charge on any atom is 0.0159 e. The van der Waals surface area contributed by atoms with E-state index in [4.69, 9.17) is 0 Å². The van der Waals surface area contributed by atoms with Crippen molar-refractivity contribution in [3.8, 4) is 55.6 Å². The first-order valence-corrected chi connectivity index (χ1v) is 22.8. The van der Waals surface area contributed by atoms with Crippen LogP contribution in [-0.4, -0.2) is 0 Å². The van der Waals surface area contributed by atoms with E-state index in [9.17, 15) is 0 Å². The van der Waals surface area contributed by atoms with E-state index in [1.165, 1.54) is 144 Å². The predicted molar refractivity (Wildman–Crippen MR) is 269 cm³/mol. The summed E-state index contributed by atoms with van der Waals surface area (Å²) in [6.07, 6.45) is 18.2. The maximum absolute atomic E-state index is 2.49. The van der Waals surface area contributed by atoms with Crippen molar-refractivity contribution in [3.63, 3.8) is 0 Å². The Kier molecular flexibility index (Phi) is 7.22. The van der Waals surface area contributed by atoms with Gasteiger partial charge in [0.05, 0.1) is 0 Å². The number of allylic oxidation sites excluding steroid dienone is 6. The van der Waals surface area contributed by atoms with Gasteiger partial charge in [-0.25, -0.2) is 0 Å². The molecule has 0 N–H and O–H groups in total. The zero-order chi connectivity index (χ0) is 41.6. The summed E-state index contributed by atoms with van der Waals surface area (Å²) in [7, 11) is 0. The first-order valence-electron chi connectivity index (χ1n) is 22.8. The van der Waals surface area contributed by atoms with Crippen LogP contribution in [0.4, 0.5) is 0 Å². The topological polar surface area (TPSA) is 0 Å². The second kappa shape index (κ2) is 12.9. The van der Waals surface area contributed by atoms with Gasteiger partial charge in [0.1, 0.15) is 0 Å². The van der Waals surface area contributed by atoms with Crippen LogP contribution in [0.3, 0.4) is 0 Å². The quantitative estimate of drug-likeness (QED) is 0.166. The van der Waals surface area contributed by atoms with Crippen LogP contribution in [0.25, 0.3) is 111 Å². The van der Waals surface area contributed by atoms with Crippen LogP contribution in [-0.2, 0) is 18.3 Å². The van der Waals surface area contributed by atoms with Crippen molar-refractivity contribution in [2.24, 2.45) is 0 Å². The summed E-state index contributed by atoms with van der Waals surface area (Å²) < 4.78 is 0. The van der Waals surface area contributed by atoms with E-state index < -0.39 is 0 Å². The van der Waals surface area contributed by atoms with Crippen molar-refractivity contribution in [2.45, 2.75) is 44.9 Å². The van der Waals surface area contributed by atoms with Crippen molar-refractivity contribution in [3.05, 3.63) is 214 Å². The Hall–Kier alpha value is -7.28. The highest BCUT2D eigenvalue weighted by molar-refractivity contribution is 6.11. The highest BCUT2D eigenvalue weighted by Crippen LogP contribution is 2.52. The molecule has 5 aliphatic rings. The smallest absolute Gasteiger partial charge is 0.0159 e. The minimum Gasteiger partial charge on any atom is -0.0795 e. The molecular weight excluding hydrogens is 757 g/mol. The molecule has 14 rings (SSSR count). The molecule has 296 valence electrons. The van der Waals surface area contributed by atoms with Crippen molar-refractivity contribution >= 4 is 55.6 Å². The Balaban J connectivity index is 0.804. The lowest BCUT2D eigenvalue weighted by Crippen LogP contribution is -2.15. The van der Waals surface area contributed by atoms with E-state index in [-0.39, 0.29) is 5.41 Å². The average molecular weight is 801 g/mol. The Morgan fingerprint density at radius 2 is 0.873 bits per heavy atom. The number of rotatable bonds is 4. The summed E-state index contributed by atoms with van der Waals surface area (Å²) in [5, 5.41) is 8.15. The van der Waals surface area contributed by atoms with Crippen LogP contribution in [0.1, 0.15) is 71.2 Å². The third kappa shape index (κ3) is 5.04. The fraction of sp³-hybridized carbons (Fsp3) is 0.111. The van der Waals surface area contributed by atoms with Gasteiger partial charge in [-0.15, -0.1) is 0 Å². The molecule has 0 atom stereocenters. The first kappa shape index (κ1) is 35.3. The van der Waals surface area contributed by atoms with E-state index >= 15 is 0 Å². The van der Waals surface area contributed by atoms with Gasteiger partial charge in [0.15, 0.2) is 0 Å². The molecule has 0 nitrogen and oxygen atoms in total. The van der Waals surface area contributed by atoms with Crippen LogP contribution in [0.5, 0.6) is 0 Å². The zero-order valence-electron chi connectivity index (χ0n) is 35.6. The summed E-state index contributed by atoms with van der Waals surface area (Å²) >= 11 is 0. The Morgan fingerprint density at radius 3 is 1.54 bits per heavy atom. The van der Waals surface area contributed by atoms with Crippen molar-refractivity contribution < 1.29 is 0 Å². The number of fused-ring (bicyclic) bond motifs is 4. The van der Waals surface area contributed by atoms with Gasteiger partial charge in [0, 0.05) is 5.41 Å². The number of hydrogen-bond acceptors (Lipinski definition) is 0. The van der Waals surface area contributed by atoms with Crippen LogP contribution < -0.4 is 0 Å². The van der Waals surface area contributed by atoms with E-state index in [1.807, 2.05) is 0 Å². The number of hydrogen-bond donors (Lipinski definition) is 0. The summed E-state index contributed by atoms with van der Waals surface area (Å²) in [6.45, 7) is 4.83. The molecule has 5 aliphatic carbocycles. The molecule has 0 saturated carbocycles. The summed E-state index contributed by atoms with van der Waals surface area (Å²) in [5.74, 6) is 0. The van der Waals surface area contributed by atoms with E-state index in [0.29, 0.717) is 0 Å². The Labute approximate surface area is 368 Å². The minimum absolute atomic E-state index is 0.130. The third-order valence-corrected chi connectivity index (χ3v) is 15.3. The molecule has 0 saturated heterocycles. The second-order valence-corrected chi connectivity index (χ2v) is 19.0. The van der Waals surface area contributed by atoms with Crippen LogP contribution in [0.15, 0.2) is 170 Å². The van der Waals surface area contributed by atoms with E-state index in [0.717, 1.165) is 25.7 Å². The van der Waals surface area contributed by atoms with Gasteiger partial charge in [-0.05, 0) is 194 Å². The molecule has 0 amide bonds. The van der Waals surface area contributed by atoms with Crippen LogP contribution in [0, 0.1) is 0 Å². The van der Waals surface area contributed by atoms with Gasteiger partial charge in [-0.1, -0.05) is 172 Å². The monoisotopic (exact) mass is 800 g/mol. The normalized spacial score (nSPS) is 15.7. The summed E-state index contributed by atoms with van der Waals surface area (Å²) in [4.78, 5) is 0. The lowest BCUT2D eigenvalue weighted by molar-refractivity contribution is 0.661. The molecule has 0 bridgehead atoms. The third-order valence-electron chi connectivity index (χ3n) is 15.3. The maximum atomic E-state index is 2.49. The molecule has 0 spiro atoms. The lowest BCUT2D eigenvalue weighted by Gasteiger charge is -2.25. The van der Waals surface area contributed by atoms with Crippen molar-refractivity contribution in [1.29, 1.82) is 0 Å². The average Bonchev–Trinajstić information content (AvgIpc) is 3.56. The largest absolute Gasteiger partial charge is 0.0795 e. The summed E-state index contributed by atoms with van der Waals surface area (Å²) in [5.41, 5.74) is 27.1. The first-order chi connectivity index (χ1) is 31.0. The fourth-order valence-corrected chi connectivity index (χ4v) is 12.2. The molecule has 0 aromatic heterocycles. The van der Waals surface area contributed by atoms with E-state index in [2.05, 4.69) is 196 Å². The predicted octanol–water partition coefficient (Wildman–Crippen LogP) is 16.8. The van der Waals surface area contributed by atoms with Gasteiger partial charge in [-0.3, -0.25) is 0 Å². The Morgan fingerprint density at radius 1 is 0.381 bits per heavy atom. The standard InChI is InChI=1S/C63H44/c1-63(2)57-35-46(25-29-53(57)54-30-26-48(36-58(54)63)50-27-21-41-15-13-37-7-5-9-39-23-31-55(50)61(41)59(37)39)44-17-18-45-34-47(20-19-43(45)33-44)49-11-3-4-12-51(49)52-28-22-42-16-14-38-8-6-10-40-24-32-56(52)62(42)60(38)40/h3-6,9-14,17-36H,7-8,15-16H2,1-2H3.